The summed E-state index contributed by atoms with van der Waals surface area (Å²) in [4.78, 5) is 24.9. The number of amides is 2. The van der Waals surface area contributed by atoms with Gasteiger partial charge in [-0.25, -0.2) is 4.52 Å². The molecule has 2 heterocycles. The summed E-state index contributed by atoms with van der Waals surface area (Å²) in [6, 6.07) is 22.5. The van der Waals surface area contributed by atoms with Crippen molar-refractivity contribution in [2.45, 2.75) is 13.1 Å². The summed E-state index contributed by atoms with van der Waals surface area (Å²) in [7, 11) is 0. The normalized spacial score (nSPS) is 10.6. The van der Waals surface area contributed by atoms with Gasteiger partial charge in [-0.05, 0) is 35.4 Å². The van der Waals surface area contributed by atoms with Gasteiger partial charge in [0.25, 0.3) is 11.8 Å². The van der Waals surface area contributed by atoms with Crippen LogP contribution in [0.4, 0.5) is 0 Å². The Kier molecular flexibility index (Phi) is 5.33. The second-order valence-corrected chi connectivity index (χ2v) is 6.64. The third-order valence-electron chi connectivity index (χ3n) is 4.62. The number of pyridine rings is 1. The lowest BCUT2D eigenvalue weighted by molar-refractivity contribution is 0.0943. The summed E-state index contributed by atoms with van der Waals surface area (Å²) >= 11 is 0. The Balaban J connectivity index is 1.46. The molecule has 0 aliphatic rings. The van der Waals surface area contributed by atoms with E-state index >= 15 is 0 Å². The SMILES string of the molecule is O=C(NCc1ccn2ncc(C(=O)NCc3ccccc3)c2c1)c1ccccc1. The van der Waals surface area contributed by atoms with Gasteiger partial charge in [0.2, 0.25) is 0 Å². The molecule has 4 aromatic rings. The minimum absolute atomic E-state index is 0.139. The number of rotatable bonds is 6. The molecule has 0 unspecified atom stereocenters. The molecule has 6 nitrogen and oxygen atoms in total. The molecule has 4 rings (SSSR count). The zero-order valence-electron chi connectivity index (χ0n) is 15.7. The Morgan fingerprint density at radius 2 is 1.45 bits per heavy atom. The number of fused-ring (bicyclic) bond motifs is 1. The number of hydrogen-bond acceptors (Lipinski definition) is 3. The molecule has 2 amide bonds. The maximum absolute atomic E-state index is 12.6. The van der Waals surface area contributed by atoms with E-state index in [1.807, 2.05) is 60.7 Å². The monoisotopic (exact) mass is 384 g/mol. The standard InChI is InChI=1S/C23H20N4O2/c28-22(19-9-5-2-6-10-19)24-15-18-11-12-27-21(13-18)20(16-26-27)23(29)25-14-17-7-3-1-4-8-17/h1-13,16H,14-15H2,(H,24,28)(H,25,29). The van der Waals surface area contributed by atoms with Gasteiger partial charge in [-0.1, -0.05) is 48.5 Å². The van der Waals surface area contributed by atoms with E-state index in [1.165, 1.54) is 0 Å². The van der Waals surface area contributed by atoms with E-state index in [-0.39, 0.29) is 11.8 Å². The van der Waals surface area contributed by atoms with Gasteiger partial charge in [-0.3, -0.25) is 9.59 Å². The predicted octanol–water partition coefficient (Wildman–Crippen LogP) is 3.19. The summed E-state index contributed by atoms with van der Waals surface area (Å²) < 4.78 is 1.65. The first-order chi connectivity index (χ1) is 14.2. The van der Waals surface area contributed by atoms with E-state index in [0.29, 0.717) is 29.7 Å². The Hall–Kier alpha value is -3.93. The summed E-state index contributed by atoms with van der Waals surface area (Å²) in [6.07, 6.45) is 3.34. The first-order valence-electron chi connectivity index (χ1n) is 9.32. The number of nitrogens with zero attached hydrogens (tertiary/aromatic N) is 2. The van der Waals surface area contributed by atoms with E-state index in [9.17, 15) is 9.59 Å². The smallest absolute Gasteiger partial charge is 0.255 e. The third kappa shape index (κ3) is 4.32. The lowest BCUT2D eigenvalue weighted by Crippen LogP contribution is -2.23. The van der Waals surface area contributed by atoms with E-state index in [4.69, 9.17) is 0 Å². The van der Waals surface area contributed by atoms with Gasteiger partial charge in [0.1, 0.15) is 0 Å². The highest BCUT2D eigenvalue weighted by molar-refractivity contribution is 6.00. The minimum Gasteiger partial charge on any atom is -0.348 e. The molecule has 2 aromatic carbocycles. The molecule has 2 N–H and O–H groups in total. The molecule has 0 radical (unpaired) electrons. The van der Waals surface area contributed by atoms with Crippen LogP contribution in [0.2, 0.25) is 0 Å². The van der Waals surface area contributed by atoms with Gasteiger partial charge < -0.3 is 10.6 Å². The van der Waals surface area contributed by atoms with E-state index < -0.39 is 0 Å². The molecule has 0 aliphatic heterocycles. The zero-order valence-corrected chi connectivity index (χ0v) is 15.7. The second-order valence-electron chi connectivity index (χ2n) is 6.64. The summed E-state index contributed by atoms with van der Waals surface area (Å²) in [5.74, 6) is -0.325. The van der Waals surface area contributed by atoms with Gasteiger partial charge in [0, 0.05) is 24.8 Å². The number of hydrogen-bond donors (Lipinski definition) is 2. The van der Waals surface area contributed by atoms with E-state index in [2.05, 4.69) is 15.7 Å². The Bertz CT molecular complexity index is 1140. The zero-order chi connectivity index (χ0) is 20.1. The lowest BCUT2D eigenvalue weighted by atomic mass is 10.1. The maximum Gasteiger partial charge on any atom is 0.255 e. The van der Waals surface area contributed by atoms with Crippen molar-refractivity contribution in [2.75, 3.05) is 0 Å². The fourth-order valence-electron chi connectivity index (χ4n) is 3.06. The quantitative estimate of drug-likeness (QED) is 0.536. The van der Waals surface area contributed by atoms with Gasteiger partial charge in [0.15, 0.2) is 0 Å². The third-order valence-corrected chi connectivity index (χ3v) is 4.62. The fraction of sp³-hybridized carbons (Fsp3) is 0.0870. The predicted molar refractivity (Wildman–Crippen MR) is 110 cm³/mol. The first-order valence-corrected chi connectivity index (χ1v) is 9.32. The second kappa shape index (κ2) is 8.39. The molecular weight excluding hydrogens is 364 g/mol. The Morgan fingerprint density at radius 1 is 0.793 bits per heavy atom. The highest BCUT2D eigenvalue weighted by Gasteiger charge is 2.13. The highest BCUT2D eigenvalue weighted by atomic mass is 16.2. The van der Waals surface area contributed by atoms with Crippen molar-refractivity contribution in [3.63, 3.8) is 0 Å². The Labute approximate surface area is 168 Å². The van der Waals surface area contributed by atoms with Gasteiger partial charge >= 0.3 is 0 Å². The summed E-state index contributed by atoms with van der Waals surface area (Å²) in [5.41, 5.74) is 3.72. The number of aromatic nitrogens is 2. The van der Waals surface area contributed by atoms with E-state index in [0.717, 1.165) is 11.1 Å². The number of carbonyl (C=O) groups excluding carboxylic acids is 2. The molecule has 6 heteroatoms. The van der Waals surface area contributed by atoms with Crippen LogP contribution >= 0.6 is 0 Å². The molecule has 2 aromatic heterocycles. The van der Waals surface area contributed by atoms with Crippen LogP contribution in [0.25, 0.3) is 5.52 Å². The number of benzene rings is 2. The van der Waals surface area contributed by atoms with Crippen LogP contribution in [0, 0.1) is 0 Å². The van der Waals surface area contributed by atoms with E-state index in [1.54, 1.807) is 29.0 Å². The topological polar surface area (TPSA) is 75.5 Å². The van der Waals surface area contributed by atoms with Crippen molar-refractivity contribution in [3.8, 4) is 0 Å². The molecule has 29 heavy (non-hydrogen) atoms. The van der Waals surface area contributed by atoms with Crippen LogP contribution in [0.5, 0.6) is 0 Å². The van der Waals surface area contributed by atoms with Crippen LogP contribution < -0.4 is 10.6 Å². The van der Waals surface area contributed by atoms with Crippen LogP contribution in [-0.4, -0.2) is 21.4 Å². The highest BCUT2D eigenvalue weighted by Crippen LogP contribution is 2.13. The van der Waals surface area contributed by atoms with Gasteiger partial charge in [-0.15, -0.1) is 0 Å². The largest absolute Gasteiger partial charge is 0.348 e. The minimum atomic E-state index is -0.186. The molecule has 0 bridgehead atoms. The molecule has 0 fully saturated rings. The van der Waals surface area contributed by atoms with Crippen LogP contribution in [0.15, 0.2) is 85.2 Å². The van der Waals surface area contributed by atoms with Crippen molar-refractivity contribution < 1.29 is 9.59 Å². The van der Waals surface area contributed by atoms with Crippen molar-refractivity contribution in [1.29, 1.82) is 0 Å². The molecule has 144 valence electrons. The lowest BCUT2D eigenvalue weighted by Gasteiger charge is -2.07. The molecule has 0 spiro atoms. The van der Waals surface area contributed by atoms with Crippen molar-refractivity contribution >= 4 is 17.3 Å². The average Bonchev–Trinajstić information content (AvgIpc) is 3.20. The first kappa shape index (κ1) is 18.4. The molecule has 0 aliphatic carbocycles. The summed E-state index contributed by atoms with van der Waals surface area (Å²) in [6.45, 7) is 0.810. The summed E-state index contributed by atoms with van der Waals surface area (Å²) in [5, 5.41) is 10.1. The average molecular weight is 384 g/mol. The maximum atomic E-state index is 12.6. The van der Waals surface area contributed by atoms with Crippen molar-refractivity contribution in [3.05, 3.63) is 107 Å². The number of nitrogens with one attached hydrogen (secondary N) is 2. The molecular formula is C23H20N4O2. The molecule has 0 saturated heterocycles. The fourth-order valence-corrected chi connectivity index (χ4v) is 3.06. The number of carbonyl (C=O) groups is 2. The van der Waals surface area contributed by atoms with Crippen LogP contribution in [-0.2, 0) is 13.1 Å². The van der Waals surface area contributed by atoms with Crippen LogP contribution in [0.3, 0.4) is 0 Å². The molecule has 0 atom stereocenters. The molecule has 0 saturated carbocycles. The van der Waals surface area contributed by atoms with Crippen LogP contribution in [0.1, 0.15) is 31.8 Å². The van der Waals surface area contributed by atoms with Crippen molar-refractivity contribution in [1.82, 2.24) is 20.2 Å². The van der Waals surface area contributed by atoms with Gasteiger partial charge in [0.05, 0.1) is 17.3 Å². The van der Waals surface area contributed by atoms with Crippen molar-refractivity contribution in [2.24, 2.45) is 0 Å². The Morgan fingerprint density at radius 3 is 2.21 bits per heavy atom. The van der Waals surface area contributed by atoms with Gasteiger partial charge in [-0.2, -0.15) is 5.10 Å².